The molecule has 1 aromatic rings. The zero-order valence-electron chi connectivity index (χ0n) is 11.4. The second-order valence-electron chi connectivity index (χ2n) is 5.73. The number of alkyl halides is 3. The van der Waals surface area contributed by atoms with E-state index in [1.54, 1.807) is 4.68 Å². The molecular weight excluding hydrogens is 293 g/mol. The maximum absolute atomic E-state index is 12.7. The summed E-state index contributed by atoms with van der Waals surface area (Å²) in [7, 11) is 0. The third-order valence-corrected chi connectivity index (χ3v) is 4.23. The summed E-state index contributed by atoms with van der Waals surface area (Å²) in [6, 6.07) is -0.0122. The molecule has 0 bridgehead atoms. The van der Waals surface area contributed by atoms with Gasteiger partial charge in [-0.05, 0) is 39.5 Å². The summed E-state index contributed by atoms with van der Waals surface area (Å²) in [5, 5.41) is 15.1. The number of rotatable bonds is 2. The molecule has 0 radical (unpaired) electrons. The summed E-state index contributed by atoms with van der Waals surface area (Å²) in [6.45, 7) is 3.77. The highest BCUT2D eigenvalue weighted by Gasteiger charge is 2.47. The molecular formula is C13H18ClF3N2O. The number of halogens is 4. The summed E-state index contributed by atoms with van der Waals surface area (Å²) < 4.78 is 39.7. The van der Waals surface area contributed by atoms with E-state index in [9.17, 15) is 18.3 Å². The van der Waals surface area contributed by atoms with Crippen LogP contribution < -0.4 is 0 Å². The second kappa shape index (κ2) is 5.22. The van der Waals surface area contributed by atoms with Crippen LogP contribution in [-0.4, -0.2) is 21.1 Å². The molecule has 1 N–H and O–H groups in total. The minimum atomic E-state index is -4.19. The fourth-order valence-electron chi connectivity index (χ4n) is 2.83. The lowest BCUT2D eigenvalue weighted by atomic mass is 9.76. The Labute approximate surface area is 120 Å². The molecule has 1 aliphatic carbocycles. The zero-order valence-corrected chi connectivity index (χ0v) is 12.2. The topological polar surface area (TPSA) is 38.0 Å². The van der Waals surface area contributed by atoms with Crippen molar-refractivity contribution in [3.8, 4) is 0 Å². The molecule has 2 rings (SSSR count). The maximum atomic E-state index is 12.7. The monoisotopic (exact) mass is 310 g/mol. The van der Waals surface area contributed by atoms with Gasteiger partial charge in [-0.25, -0.2) is 0 Å². The summed E-state index contributed by atoms with van der Waals surface area (Å²) in [6.07, 6.45) is -2.82. The quantitative estimate of drug-likeness (QED) is 0.894. The molecule has 20 heavy (non-hydrogen) atoms. The van der Waals surface area contributed by atoms with Crippen LogP contribution in [0.25, 0.3) is 0 Å². The van der Waals surface area contributed by atoms with Crippen molar-refractivity contribution in [3.63, 3.8) is 0 Å². The van der Waals surface area contributed by atoms with Crippen LogP contribution in [0.15, 0.2) is 6.20 Å². The van der Waals surface area contributed by atoms with E-state index >= 15 is 0 Å². The third-order valence-electron chi connectivity index (χ3n) is 3.96. The van der Waals surface area contributed by atoms with E-state index < -0.39 is 17.7 Å². The van der Waals surface area contributed by atoms with Crippen LogP contribution in [0.3, 0.4) is 0 Å². The number of hydrogen-bond donors (Lipinski definition) is 1. The largest absolute Gasteiger partial charge is 0.391 e. The normalized spacial score (nSPS) is 28.1. The predicted molar refractivity (Wildman–Crippen MR) is 69.5 cm³/mol. The Bertz CT molecular complexity index is 476. The van der Waals surface area contributed by atoms with Crippen molar-refractivity contribution in [3.05, 3.63) is 16.9 Å². The Hall–Kier alpha value is -0.750. The predicted octanol–water partition coefficient (Wildman–Crippen LogP) is 4.06. The van der Waals surface area contributed by atoms with E-state index in [1.165, 1.54) is 6.20 Å². The first kappa shape index (κ1) is 15.6. The van der Waals surface area contributed by atoms with Crippen LogP contribution in [0.5, 0.6) is 0 Å². The van der Waals surface area contributed by atoms with Gasteiger partial charge in [0.05, 0.1) is 22.8 Å². The molecule has 3 nitrogen and oxygen atoms in total. The van der Waals surface area contributed by atoms with Crippen molar-refractivity contribution in [1.29, 1.82) is 0 Å². The van der Waals surface area contributed by atoms with Gasteiger partial charge in [0.2, 0.25) is 0 Å². The molecule has 1 aliphatic rings. The molecule has 0 aliphatic heterocycles. The van der Waals surface area contributed by atoms with E-state index in [4.69, 9.17) is 11.6 Å². The first-order chi connectivity index (χ1) is 9.15. The van der Waals surface area contributed by atoms with E-state index in [2.05, 4.69) is 5.10 Å². The Morgan fingerprint density at radius 1 is 1.40 bits per heavy atom. The fourth-order valence-corrected chi connectivity index (χ4v) is 3.13. The average Bonchev–Trinajstić information content (AvgIpc) is 2.71. The summed E-state index contributed by atoms with van der Waals surface area (Å²) in [5.74, 6) is -1.34. The number of nitrogens with zero attached hydrogens (tertiary/aromatic N) is 2. The van der Waals surface area contributed by atoms with Crippen molar-refractivity contribution in [1.82, 2.24) is 9.78 Å². The van der Waals surface area contributed by atoms with Crippen molar-refractivity contribution in [2.45, 2.75) is 57.3 Å². The van der Waals surface area contributed by atoms with Crippen LogP contribution in [0, 0.1) is 5.92 Å². The van der Waals surface area contributed by atoms with E-state index in [1.807, 2.05) is 13.8 Å². The third kappa shape index (κ3) is 2.81. The molecule has 114 valence electrons. The average molecular weight is 311 g/mol. The Balaban J connectivity index is 2.24. The van der Waals surface area contributed by atoms with Gasteiger partial charge < -0.3 is 5.11 Å². The Morgan fingerprint density at radius 3 is 2.40 bits per heavy atom. The van der Waals surface area contributed by atoms with Gasteiger partial charge in [-0.3, -0.25) is 4.68 Å². The highest BCUT2D eigenvalue weighted by atomic mass is 35.5. The highest BCUT2D eigenvalue weighted by molar-refractivity contribution is 6.31. The van der Waals surface area contributed by atoms with Gasteiger partial charge in [0.25, 0.3) is 0 Å². The molecule has 1 aromatic heterocycles. The molecule has 0 unspecified atom stereocenters. The van der Waals surface area contributed by atoms with Crippen LogP contribution in [0.2, 0.25) is 5.02 Å². The molecule has 0 aromatic carbocycles. The van der Waals surface area contributed by atoms with Crippen LogP contribution in [-0.2, 0) is 5.60 Å². The first-order valence-corrected chi connectivity index (χ1v) is 7.05. The number of aliphatic hydroxyl groups is 1. The van der Waals surface area contributed by atoms with Crippen molar-refractivity contribution < 1.29 is 18.3 Å². The summed E-state index contributed by atoms with van der Waals surface area (Å²) in [5.41, 5.74) is -0.880. The van der Waals surface area contributed by atoms with Gasteiger partial charge in [0, 0.05) is 6.04 Å². The fraction of sp³-hybridized carbons (Fsp3) is 0.769. The molecule has 0 atom stereocenters. The van der Waals surface area contributed by atoms with Crippen molar-refractivity contribution in [2.24, 2.45) is 5.92 Å². The van der Waals surface area contributed by atoms with Crippen molar-refractivity contribution >= 4 is 11.6 Å². The molecule has 0 spiro atoms. The van der Waals surface area contributed by atoms with E-state index in [0.29, 0.717) is 10.7 Å². The SMILES string of the molecule is CC(C)n1ncc(Cl)c1C1(O)CCC(C(F)(F)F)CC1. The number of hydrogen-bond acceptors (Lipinski definition) is 2. The zero-order chi connectivity index (χ0) is 15.1. The van der Waals surface area contributed by atoms with Gasteiger partial charge in [-0.2, -0.15) is 18.3 Å². The van der Waals surface area contributed by atoms with Gasteiger partial charge in [0.15, 0.2) is 0 Å². The highest BCUT2D eigenvalue weighted by Crippen LogP contribution is 2.46. The molecule has 1 heterocycles. The maximum Gasteiger partial charge on any atom is 0.391 e. The lowest BCUT2D eigenvalue weighted by Gasteiger charge is -2.37. The molecule has 1 saturated carbocycles. The van der Waals surface area contributed by atoms with Crippen molar-refractivity contribution in [2.75, 3.05) is 0 Å². The Kier molecular flexibility index (Phi) is 4.08. The number of aromatic nitrogens is 2. The standard InChI is InChI=1S/C13H18ClF3N2O/c1-8(2)19-11(10(14)7-18-19)12(20)5-3-9(4-6-12)13(15,16)17/h7-9,20H,3-6H2,1-2H3. The smallest absolute Gasteiger partial charge is 0.384 e. The summed E-state index contributed by atoms with van der Waals surface area (Å²) in [4.78, 5) is 0. The van der Waals surface area contributed by atoms with Gasteiger partial charge >= 0.3 is 6.18 Å². The van der Waals surface area contributed by atoms with Crippen LogP contribution in [0.4, 0.5) is 13.2 Å². The molecule has 7 heteroatoms. The molecule has 0 saturated heterocycles. The molecule has 0 amide bonds. The second-order valence-corrected chi connectivity index (χ2v) is 6.13. The van der Waals surface area contributed by atoms with E-state index in [-0.39, 0.29) is 31.7 Å². The minimum absolute atomic E-state index is 0.0122. The van der Waals surface area contributed by atoms with Gasteiger partial charge in [-0.1, -0.05) is 11.6 Å². The van der Waals surface area contributed by atoms with Gasteiger partial charge in [0.1, 0.15) is 5.60 Å². The summed E-state index contributed by atoms with van der Waals surface area (Å²) >= 11 is 6.07. The van der Waals surface area contributed by atoms with Crippen LogP contribution in [0.1, 0.15) is 51.3 Å². The first-order valence-electron chi connectivity index (χ1n) is 6.68. The van der Waals surface area contributed by atoms with Crippen LogP contribution >= 0.6 is 11.6 Å². The lowest BCUT2D eigenvalue weighted by molar-refractivity contribution is -0.193. The Morgan fingerprint density at radius 2 is 1.95 bits per heavy atom. The minimum Gasteiger partial charge on any atom is -0.384 e. The molecule has 1 fully saturated rings. The van der Waals surface area contributed by atoms with E-state index in [0.717, 1.165) is 0 Å². The van der Waals surface area contributed by atoms with Gasteiger partial charge in [-0.15, -0.1) is 0 Å². The lowest BCUT2D eigenvalue weighted by Crippen LogP contribution is -2.38.